The zero-order valence-corrected chi connectivity index (χ0v) is 17.6. The van der Waals surface area contributed by atoms with Crippen LogP contribution >= 0.6 is 11.6 Å². The minimum absolute atomic E-state index is 0.396. The minimum atomic E-state index is -0.396. The van der Waals surface area contributed by atoms with Crippen LogP contribution in [0.15, 0.2) is 58.0 Å². The number of rotatable bonds is 4. The lowest BCUT2D eigenvalue weighted by molar-refractivity contribution is 0.258. The molecule has 0 amide bonds. The Labute approximate surface area is 179 Å². The largest absolute Gasteiger partial charge is 0.422 e. The quantitative estimate of drug-likeness (QED) is 0.459. The molecule has 0 saturated carbocycles. The zero-order valence-electron chi connectivity index (χ0n) is 16.8. The highest BCUT2D eigenvalue weighted by Crippen LogP contribution is 2.27. The molecule has 0 N–H and O–H groups in total. The highest BCUT2D eigenvalue weighted by atomic mass is 35.5. The number of piperazine rings is 1. The van der Waals surface area contributed by atoms with Crippen molar-refractivity contribution in [2.45, 2.75) is 13.3 Å². The number of hydrogen-bond acceptors (Lipinski definition) is 5. The summed E-state index contributed by atoms with van der Waals surface area (Å²) >= 11 is 6.22. The van der Waals surface area contributed by atoms with Gasteiger partial charge in [0.1, 0.15) is 5.58 Å². The first-order chi connectivity index (χ1) is 14.6. The van der Waals surface area contributed by atoms with Crippen molar-refractivity contribution >= 4 is 33.9 Å². The van der Waals surface area contributed by atoms with Gasteiger partial charge >= 0.3 is 5.63 Å². The fourth-order valence-electron chi connectivity index (χ4n) is 4.13. The average molecular weight is 423 g/mol. The molecule has 0 aliphatic carbocycles. The van der Waals surface area contributed by atoms with Gasteiger partial charge in [0, 0.05) is 55.7 Å². The summed E-state index contributed by atoms with van der Waals surface area (Å²) in [5, 5.41) is 1.42. The molecule has 154 valence electrons. The van der Waals surface area contributed by atoms with Crippen LogP contribution in [-0.4, -0.2) is 47.0 Å². The monoisotopic (exact) mass is 422 g/mol. The normalized spacial score (nSPS) is 15.3. The van der Waals surface area contributed by atoms with Gasteiger partial charge in [0.05, 0.1) is 16.3 Å². The Bertz CT molecular complexity index is 1270. The van der Waals surface area contributed by atoms with Crippen LogP contribution in [0.2, 0.25) is 5.02 Å². The Kier molecular flexibility index (Phi) is 4.97. The summed E-state index contributed by atoms with van der Waals surface area (Å²) in [6, 6.07) is 11.5. The van der Waals surface area contributed by atoms with E-state index in [1.165, 1.54) is 6.42 Å². The Morgan fingerprint density at radius 1 is 1.13 bits per heavy atom. The van der Waals surface area contributed by atoms with E-state index < -0.39 is 5.63 Å². The van der Waals surface area contributed by atoms with Crippen molar-refractivity contribution < 1.29 is 4.42 Å². The summed E-state index contributed by atoms with van der Waals surface area (Å²) in [7, 11) is 0. The third-order valence-electron chi connectivity index (χ3n) is 5.71. The minimum Gasteiger partial charge on any atom is -0.422 e. The first-order valence-electron chi connectivity index (χ1n) is 10.3. The molecule has 1 fully saturated rings. The van der Waals surface area contributed by atoms with Gasteiger partial charge in [-0.25, -0.2) is 9.78 Å². The number of benzene rings is 1. The van der Waals surface area contributed by atoms with Crippen molar-refractivity contribution in [1.82, 2.24) is 14.3 Å². The van der Waals surface area contributed by atoms with E-state index in [-0.39, 0.29) is 0 Å². The SMILES string of the molecule is CCCN1CCN(c2ccc3cc(-c4cn5cccc(Cl)c5n4)c(=O)oc3c2)CC1. The Hall–Kier alpha value is -2.83. The maximum atomic E-state index is 12.7. The van der Waals surface area contributed by atoms with E-state index in [2.05, 4.69) is 27.8 Å². The fourth-order valence-corrected chi connectivity index (χ4v) is 4.34. The van der Waals surface area contributed by atoms with E-state index >= 15 is 0 Å². The number of pyridine rings is 1. The van der Waals surface area contributed by atoms with Crippen LogP contribution in [0.4, 0.5) is 5.69 Å². The molecular weight excluding hydrogens is 400 g/mol. The third kappa shape index (κ3) is 3.46. The van der Waals surface area contributed by atoms with Crippen LogP contribution in [0.5, 0.6) is 0 Å². The molecule has 30 heavy (non-hydrogen) atoms. The number of halogens is 1. The van der Waals surface area contributed by atoms with Gasteiger partial charge in [-0.05, 0) is 43.3 Å². The van der Waals surface area contributed by atoms with Crippen molar-refractivity contribution in [3.63, 3.8) is 0 Å². The van der Waals surface area contributed by atoms with E-state index in [0.29, 0.717) is 27.5 Å². The number of anilines is 1. The summed E-state index contributed by atoms with van der Waals surface area (Å²) in [6.45, 7) is 7.45. The molecule has 3 aromatic heterocycles. The maximum Gasteiger partial charge on any atom is 0.345 e. The van der Waals surface area contributed by atoms with E-state index in [0.717, 1.165) is 43.8 Å². The van der Waals surface area contributed by atoms with Gasteiger partial charge in [-0.3, -0.25) is 4.90 Å². The Morgan fingerprint density at radius 3 is 2.73 bits per heavy atom. The molecule has 0 spiro atoms. The van der Waals surface area contributed by atoms with Crippen LogP contribution < -0.4 is 10.5 Å². The topological polar surface area (TPSA) is 54.0 Å². The molecule has 4 heterocycles. The molecule has 0 radical (unpaired) electrons. The van der Waals surface area contributed by atoms with Gasteiger partial charge in [-0.2, -0.15) is 0 Å². The number of fused-ring (bicyclic) bond motifs is 2. The summed E-state index contributed by atoms with van der Waals surface area (Å²) in [6.07, 6.45) is 4.83. The van der Waals surface area contributed by atoms with Gasteiger partial charge < -0.3 is 13.7 Å². The highest BCUT2D eigenvalue weighted by molar-refractivity contribution is 6.33. The fraction of sp³-hybridized carbons (Fsp3) is 0.304. The summed E-state index contributed by atoms with van der Waals surface area (Å²) in [5.41, 5.74) is 2.89. The van der Waals surface area contributed by atoms with Gasteiger partial charge in [0.2, 0.25) is 0 Å². The molecule has 1 saturated heterocycles. The zero-order chi connectivity index (χ0) is 20.7. The van der Waals surface area contributed by atoms with Gasteiger partial charge in [0.15, 0.2) is 5.65 Å². The molecule has 5 rings (SSSR count). The smallest absolute Gasteiger partial charge is 0.345 e. The molecule has 0 atom stereocenters. The highest BCUT2D eigenvalue weighted by Gasteiger charge is 2.18. The van der Waals surface area contributed by atoms with Crippen LogP contribution in [0.25, 0.3) is 27.9 Å². The van der Waals surface area contributed by atoms with Gasteiger partial charge in [0.25, 0.3) is 0 Å². The molecule has 1 aromatic carbocycles. The van der Waals surface area contributed by atoms with Crippen LogP contribution in [0, 0.1) is 0 Å². The van der Waals surface area contributed by atoms with E-state index in [4.69, 9.17) is 16.0 Å². The summed E-state index contributed by atoms with van der Waals surface area (Å²) in [4.78, 5) is 22.1. The second-order valence-electron chi connectivity index (χ2n) is 7.71. The first-order valence-corrected chi connectivity index (χ1v) is 10.7. The van der Waals surface area contributed by atoms with Crippen molar-refractivity contribution in [1.29, 1.82) is 0 Å². The second-order valence-corrected chi connectivity index (χ2v) is 8.12. The first kappa shape index (κ1) is 19.2. The van der Waals surface area contributed by atoms with E-state index in [1.54, 1.807) is 12.3 Å². The molecule has 4 aromatic rings. The van der Waals surface area contributed by atoms with Crippen molar-refractivity contribution in [2.24, 2.45) is 0 Å². The molecule has 7 heteroatoms. The van der Waals surface area contributed by atoms with Gasteiger partial charge in [-0.15, -0.1) is 0 Å². The lowest BCUT2D eigenvalue weighted by atomic mass is 10.1. The second kappa shape index (κ2) is 7.78. The van der Waals surface area contributed by atoms with Crippen LogP contribution in [0.1, 0.15) is 13.3 Å². The summed E-state index contributed by atoms with van der Waals surface area (Å²) in [5.74, 6) is 0. The third-order valence-corrected chi connectivity index (χ3v) is 6.00. The van der Waals surface area contributed by atoms with E-state index in [1.807, 2.05) is 34.9 Å². The average Bonchev–Trinajstić information content (AvgIpc) is 3.19. The lowest BCUT2D eigenvalue weighted by Gasteiger charge is -2.36. The molecule has 0 unspecified atom stereocenters. The van der Waals surface area contributed by atoms with Crippen LogP contribution in [0.3, 0.4) is 0 Å². The van der Waals surface area contributed by atoms with Gasteiger partial charge in [-0.1, -0.05) is 18.5 Å². The van der Waals surface area contributed by atoms with Crippen molar-refractivity contribution in [3.05, 3.63) is 64.2 Å². The van der Waals surface area contributed by atoms with Crippen LogP contribution in [-0.2, 0) is 0 Å². The standard InChI is InChI=1S/C23H23ClN4O2/c1-2-7-26-9-11-27(12-10-26)17-6-5-16-13-18(23(29)30-21(16)14-17)20-15-28-8-3-4-19(24)22(28)25-20/h3-6,8,13-15H,2,7,9-12H2,1H3. The number of imidazole rings is 1. The maximum absolute atomic E-state index is 12.7. The number of nitrogens with zero attached hydrogens (tertiary/aromatic N) is 4. The molecular formula is C23H23ClN4O2. The Morgan fingerprint density at radius 2 is 1.97 bits per heavy atom. The number of hydrogen-bond donors (Lipinski definition) is 0. The van der Waals surface area contributed by atoms with E-state index in [9.17, 15) is 4.79 Å². The Balaban J connectivity index is 1.47. The summed E-state index contributed by atoms with van der Waals surface area (Å²) < 4.78 is 7.50. The molecule has 1 aliphatic heterocycles. The number of aromatic nitrogens is 2. The van der Waals surface area contributed by atoms with Crippen molar-refractivity contribution in [2.75, 3.05) is 37.6 Å². The molecule has 1 aliphatic rings. The predicted molar refractivity (Wildman–Crippen MR) is 121 cm³/mol. The lowest BCUT2D eigenvalue weighted by Crippen LogP contribution is -2.46. The molecule has 6 nitrogen and oxygen atoms in total. The predicted octanol–water partition coefficient (Wildman–Crippen LogP) is 4.29. The van der Waals surface area contributed by atoms with Crippen molar-refractivity contribution in [3.8, 4) is 11.3 Å². The molecule has 0 bridgehead atoms.